The van der Waals surface area contributed by atoms with Crippen molar-refractivity contribution in [3.05, 3.63) is 22.3 Å². The second-order valence-electron chi connectivity index (χ2n) is 11.2. The molecule has 24 heavy (non-hydrogen) atoms. The predicted molar refractivity (Wildman–Crippen MR) is 108 cm³/mol. The van der Waals surface area contributed by atoms with Gasteiger partial charge in [-0.15, -0.1) is 0 Å². The molecule has 0 aromatic heterocycles. The summed E-state index contributed by atoms with van der Waals surface area (Å²) in [4.78, 5) is 0. The highest BCUT2D eigenvalue weighted by Gasteiger charge is 2.70. The molecule has 0 spiro atoms. The van der Waals surface area contributed by atoms with Gasteiger partial charge in [-0.3, -0.25) is 0 Å². The molecule has 0 radical (unpaired) electrons. The zero-order valence-corrected chi connectivity index (χ0v) is 19.0. The monoisotopic (exact) mass is 330 g/mol. The summed E-state index contributed by atoms with van der Waals surface area (Å²) in [5.74, 6) is 0. The molecule has 0 fully saturated rings. The summed E-state index contributed by atoms with van der Waals surface area (Å²) in [6.45, 7) is 34.8. The lowest BCUT2D eigenvalue weighted by Crippen LogP contribution is -2.67. The van der Waals surface area contributed by atoms with Crippen LogP contribution in [0.3, 0.4) is 0 Å². The molecule has 0 amide bonds. The molecule has 3 rings (SSSR count). The smallest absolute Gasteiger partial charge is 0.0149 e. The van der Waals surface area contributed by atoms with E-state index in [4.69, 9.17) is 0 Å². The Bertz CT molecular complexity index is 648. The minimum Gasteiger partial charge on any atom is -0.0673 e. The van der Waals surface area contributed by atoms with E-state index in [9.17, 15) is 0 Å². The van der Waals surface area contributed by atoms with Gasteiger partial charge in [0.05, 0.1) is 0 Å². The van der Waals surface area contributed by atoms with Crippen LogP contribution in [0.25, 0.3) is 0 Å². The van der Waals surface area contributed by atoms with Gasteiger partial charge in [-0.05, 0) is 54.8 Å². The molecule has 0 N–H and O–H groups in total. The van der Waals surface area contributed by atoms with Crippen molar-refractivity contribution in [2.24, 2.45) is 32.5 Å². The van der Waals surface area contributed by atoms with E-state index >= 15 is 0 Å². The lowest BCUT2D eigenvalue weighted by Gasteiger charge is -2.74. The van der Waals surface area contributed by atoms with Crippen LogP contribution < -0.4 is 0 Å². The minimum absolute atomic E-state index is 0.109. The zero-order valence-electron chi connectivity index (χ0n) is 19.0. The van der Waals surface area contributed by atoms with Crippen LogP contribution in [0.15, 0.2) is 22.3 Å². The molecule has 0 heterocycles. The van der Waals surface area contributed by atoms with E-state index in [-0.39, 0.29) is 32.5 Å². The number of hydrogen-bond donors (Lipinski definition) is 0. The molecule has 0 aromatic carbocycles. The Morgan fingerprint density at radius 2 is 0.792 bits per heavy atom. The summed E-state index contributed by atoms with van der Waals surface area (Å²) < 4.78 is 0. The van der Waals surface area contributed by atoms with Crippen molar-refractivity contribution in [1.82, 2.24) is 0 Å². The van der Waals surface area contributed by atoms with E-state index in [2.05, 4.69) is 96.9 Å². The van der Waals surface area contributed by atoms with E-state index in [1.807, 2.05) is 0 Å². The van der Waals surface area contributed by atoms with Crippen LogP contribution in [0.1, 0.15) is 96.9 Å². The maximum atomic E-state index is 2.56. The van der Waals surface area contributed by atoms with Gasteiger partial charge in [-0.2, -0.15) is 0 Å². The standard InChI is InChI=1S/C24H42/c1-15-16(2)23(13)17(3)18(4)24(14,20(7,8)19(15,5)6)22(11,12)21(23,9)10/h1-14H3/b16-15-. The van der Waals surface area contributed by atoms with Gasteiger partial charge in [0.15, 0.2) is 0 Å². The highest BCUT2D eigenvalue weighted by Crippen LogP contribution is 2.78. The summed E-state index contributed by atoms with van der Waals surface area (Å²) in [7, 11) is 0. The van der Waals surface area contributed by atoms with Crippen LogP contribution in [0.5, 0.6) is 0 Å². The fraction of sp³-hybridized carbons (Fsp3) is 0.833. The average Bonchev–Trinajstić information content (AvgIpc) is 2.47. The quantitative estimate of drug-likeness (QED) is 0.397. The second kappa shape index (κ2) is 4.60. The van der Waals surface area contributed by atoms with Crippen molar-refractivity contribution in [2.75, 3.05) is 0 Å². The lowest BCUT2D eigenvalue weighted by molar-refractivity contribution is -0.168. The largest absolute Gasteiger partial charge is 0.0673 e. The van der Waals surface area contributed by atoms with Crippen molar-refractivity contribution in [2.45, 2.75) is 96.9 Å². The Morgan fingerprint density at radius 1 is 0.417 bits per heavy atom. The summed E-state index contributed by atoms with van der Waals surface area (Å²) in [6.07, 6.45) is 0. The highest BCUT2D eigenvalue weighted by molar-refractivity contribution is 5.48. The summed E-state index contributed by atoms with van der Waals surface area (Å²) in [5, 5.41) is 0. The van der Waals surface area contributed by atoms with Crippen molar-refractivity contribution in [3.63, 3.8) is 0 Å². The molecule has 3 aliphatic carbocycles. The second-order valence-corrected chi connectivity index (χ2v) is 11.2. The van der Waals surface area contributed by atoms with E-state index in [1.165, 1.54) is 0 Å². The number of fused-ring (bicyclic) bond motifs is 3. The first-order valence-corrected chi connectivity index (χ1v) is 9.75. The molecule has 0 aliphatic heterocycles. The third kappa shape index (κ3) is 1.54. The van der Waals surface area contributed by atoms with Crippen LogP contribution >= 0.6 is 0 Å². The SMILES string of the molecule is CC1=C(C)C2(C)C(C)(C)C(C)(C)/C(C)=C(/C)C1(C)C(C)(C)C2(C)C. The van der Waals surface area contributed by atoms with E-state index in [0.29, 0.717) is 0 Å². The molecule has 2 atom stereocenters. The highest BCUT2D eigenvalue weighted by atomic mass is 14.7. The van der Waals surface area contributed by atoms with Gasteiger partial charge < -0.3 is 0 Å². The van der Waals surface area contributed by atoms with Gasteiger partial charge in [0.1, 0.15) is 0 Å². The van der Waals surface area contributed by atoms with E-state index < -0.39 is 0 Å². The van der Waals surface area contributed by atoms with Gasteiger partial charge in [-0.1, -0.05) is 91.5 Å². The molecule has 138 valence electrons. The Kier molecular flexibility index (Phi) is 3.80. The first-order chi connectivity index (χ1) is 10.4. The molecule has 0 aromatic rings. The predicted octanol–water partition coefficient (Wildman–Crippen LogP) is 7.80. The van der Waals surface area contributed by atoms with Crippen molar-refractivity contribution >= 4 is 0 Å². The molecule has 0 saturated carbocycles. The Balaban J connectivity index is 3.22. The molecule has 0 nitrogen and oxygen atoms in total. The molecule has 2 bridgehead atoms. The maximum Gasteiger partial charge on any atom is 0.0149 e. The van der Waals surface area contributed by atoms with Gasteiger partial charge in [0, 0.05) is 5.41 Å². The Labute approximate surface area is 152 Å². The van der Waals surface area contributed by atoms with E-state index in [0.717, 1.165) is 0 Å². The first-order valence-electron chi connectivity index (χ1n) is 9.75. The van der Waals surface area contributed by atoms with Crippen LogP contribution in [0.4, 0.5) is 0 Å². The van der Waals surface area contributed by atoms with E-state index in [1.54, 1.807) is 22.3 Å². The van der Waals surface area contributed by atoms with Crippen molar-refractivity contribution in [1.29, 1.82) is 0 Å². The van der Waals surface area contributed by atoms with Crippen LogP contribution in [-0.4, -0.2) is 0 Å². The normalized spacial score (nSPS) is 42.8. The summed E-state index contributed by atoms with van der Waals surface area (Å²) in [6, 6.07) is 0. The summed E-state index contributed by atoms with van der Waals surface area (Å²) in [5.41, 5.74) is 7.33. The van der Waals surface area contributed by atoms with Crippen molar-refractivity contribution < 1.29 is 0 Å². The molecule has 0 saturated heterocycles. The fourth-order valence-corrected chi connectivity index (χ4v) is 6.88. The fourth-order valence-electron chi connectivity index (χ4n) is 6.88. The topological polar surface area (TPSA) is 0 Å². The number of rotatable bonds is 0. The van der Waals surface area contributed by atoms with Crippen LogP contribution in [0.2, 0.25) is 0 Å². The van der Waals surface area contributed by atoms with Gasteiger partial charge in [0.2, 0.25) is 0 Å². The van der Waals surface area contributed by atoms with Crippen molar-refractivity contribution in [3.8, 4) is 0 Å². The number of allylic oxidation sites excluding steroid dienone is 4. The van der Waals surface area contributed by atoms with Crippen LogP contribution in [-0.2, 0) is 0 Å². The minimum atomic E-state index is 0.109. The first kappa shape index (κ1) is 19.8. The zero-order chi connectivity index (χ0) is 19.3. The Hall–Kier alpha value is -0.520. The van der Waals surface area contributed by atoms with Gasteiger partial charge in [-0.25, -0.2) is 0 Å². The molecule has 3 aliphatic rings. The Morgan fingerprint density at radius 3 is 1.21 bits per heavy atom. The molecular weight excluding hydrogens is 288 g/mol. The van der Waals surface area contributed by atoms with Gasteiger partial charge in [0.25, 0.3) is 0 Å². The molecular formula is C24H42. The lowest BCUT2D eigenvalue weighted by atomic mass is 9.30. The third-order valence-corrected chi connectivity index (χ3v) is 11.2. The maximum absolute atomic E-state index is 2.56. The number of hydrogen-bond acceptors (Lipinski definition) is 0. The molecule has 0 heteroatoms. The molecule has 2 unspecified atom stereocenters. The van der Waals surface area contributed by atoms with Gasteiger partial charge >= 0.3 is 0 Å². The van der Waals surface area contributed by atoms with Crippen LogP contribution in [0, 0.1) is 32.5 Å². The average molecular weight is 331 g/mol. The third-order valence-electron chi connectivity index (χ3n) is 11.2. The summed E-state index contributed by atoms with van der Waals surface area (Å²) >= 11 is 0.